The number of imidazole rings is 1. The largest absolute Gasteiger partial charge is 0.478 e. The molecule has 5 nitrogen and oxygen atoms in total. The SMILES string of the molecule is CCCCc1nccn1-c1cccc2[nH]c(-c3ccccc3C(=O)O)c(Br)c12. The highest BCUT2D eigenvalue weighted by Gasteiger charge is 2.20. The Morgan fingerprint density at radius 2 is 2.04 bits per heavy atom. The maximum absolute atomic E-state index is 11.7. The molecule has 0 bridgehead atoms. The van der Waals surface area contributed by atoms with Crippen molar-refractivity contribution in [3.05, 3.63) is 70.7 Å². The zero-order valence-corrected chi connectivity index (χ0v) is 17.0. The average Bonchev–Trinajstić information content (AvgIpc) is 3.31. The van der Waals surface area contributed by atoms with Crippen molar-refractivity contribution in [2.45, 2.75) is 26.2 Å². The Kier molecular flexibility index (Phi) is 5.05. The van der Waals surface area contributed by atoms with Crippen molar-refractivity contribution >= 4 is 32.8 Å². The van der Waals surface area contributed by atoms with Crippen molar-refractivity contribution < 1.29 is 9.90 Å². The van der Waals surface area contributed by atoms with Crippen LogP contribution in [0.3, 0.4) is 0 Å². The monoisotopic (exact) mass is 437 g/mol. The summed E-state index contributed by atoms with van der Waals surface area (Å²) in [5, 5.41) is 10.6. The third-order valence-electron chi connectivity index (χ3n) is 4.90. The van der Waals surface area contributed by atoms with Crippen molar-refractivity contribution in [3.8, 4) is 16.9 Å². The summed E-state index contributed by atoms with van der Waals surface area (Å²) in [6.45, 7) is 2.17. The smallest absolute Gasteiger partial charge is 0.336 e. The van der Waals surface area contributed by atoms with Crippen LogP contribution in [0.2, 0.25) is 0 Å². The summed E-state index contributed by atoms with van der Waals surface area (Å²) in [4.78, 5) is 19.6. The van der Waals surface area contributed by atoms with E-state index in [2.05, 4.69) is 43.5 Å². The third-order valence-corrected chi connectivity index (χ3v) is 5.69. The van der Waals surface area contributed by atoms with Crippen molar-refractivity contribution in [1.82, 2.24) is 14.5 Å². The van der Waals surface area contributed by atoms with Crippen LogP contribution in [-0.4, -0.2) is 25.6 Å². The number of hydrogen-bond acceptors (Lipinski definition) is 2. The van der Waals surface area contributed by atoms with Crippen LogP contribution in [0, 0.1) is 0 Å². The van der Waals surface area contributed by atoms with Crippen molar-refractivity contribution in [1.29, 1.82) is 0 Å². The lowest BCUT2D eigenvalue weighted by Crippen LogP contribution is -2.01. The van der Waals surface area contributed by atoms with Gasteiger partial charge in [-0.2, -0.15) is 0 Å². The molecule has 0 spiro atoms. The molecular formula is C22H20BrN3O2. The third kappa shape index (κ3) is 3.14. The van der Waals surface area contributed by atoms with Crippen molar-refractivity contribution in [3.63, 3.8) is 0 Å². The summed E-state index contributed by atoms with van der Waals surface area (Å²) >= 11 is 3.73. The lowest BCUT2D eigenvalue weighted by molar-refractivity contribution is 0.0697. The minimum atomic E-state index is -0.946. The Balaban J connectivity index is 1.92. The van der Waals surface area contributed by atoms with Gasteiger partial charge in [0.25, 0.3) is 0 Å². The maximum atomic E-state index is 11.7. The molecule has 2 aromatic carbocycles. The average molecular weight is 438 g/mol. The van der Waals surface area contributed by atoms with E-state index in [0.717, 1.165) is 51.8 Å². The number of nitrogens with one attached hydrogen (secondary N) is 1. The molecule has 0 saturated carbocycles. The van der Waals surface area contributed by atoms with Crippen molar-refractivity contribution in [2.24, 2.45) is 0 Å². The highest BCUT2D eigenvalue weighted by molar-refractivity contribution is 9.10. The topological polar surface area (TPSA) is 70.9 Å². The minimum Gasteiger partial charge on any atom is -0.478 e. The number of benzene rings is 2. The predicted molar refractivity (Wildman–Crippen MR) is 114 cm³/mol. The molecule has 2 heterocycles. The fourth-order valence-corrected chi connectivity index (χ4v) is 4.27. The van der Waals surface area contributed by atoms with Crippen LogP contribution in [0.25, 0.3) is 27.8 Å². The zero-order chi connectivity index (χ0) is 19.7. The summed E-state index contributed by atoms with van der Waals surface area (Å²) in [6.07, 6.45) is 6.91. The molecule has 4 aromatic rings. The molecule has 0 aliphatic rings. The van der Waals surface area contributed by atoms with Crippen LogP contribution in [-0.2, 0) is 6.42 Å². The van der Waals surface area contributed by atoms with Crippen LogP contribution in [0.5, 0.6) is 0 Å². The summed E-state index contributed by atoms with van der Waals surface area (Å²) in [7, 11) is 0. The number of aryl methyl sites for hydroxylation is 1. The molecule has 2 aromatic heterocycles. The molecule has 0 unspecified atom stereocenters. The number of aromatic amines is 1. The first-order valence-electron chi connectivity index (χ1n) is 9.27. The van der Waals surface area contributed by atoms with E-state index >= 15 is 0 Å². The molecule has 6 heteroatoms. The van der Waals surface area contributed by atoms with Gasteiger partial charge in [0.15, 0.2) is 0 Å². The molecule has 0 aliphatic carbocycles. The Hall–Kier alpha value is -2.86. The van der Waals surface area contributed by atoms with E-state index in [4.69, 9.17) is 0 Å². The number of H-pyrrole nitrogens is 1. The molecule has 142 valence electrons. The minimum absolute atomic E-state index is 0.266. The van der Waals surface area contributed by atoms with Crippen LogP contribution in [0.15, 0.2) is 59.3 Å². The highest BCUT2D eigenvalue weighted by atomic mass is 79.9. The number of rotatable bonds is 6. The fourth-order valence-electron chi connectivity index (χ4n) is 3.54. The Morgan fingerprint density at radius 3 is 2.82 bits per heavy atom. The molecule has 0 amide bonds. The summed E-state index contributed by atoms with van der Waals surface area (Å²) < 4.78 is 2.96. The van der Waals surface area contributed by atoms with E-state index in [1.54, 1.807) is 12.1 Å². The molecular weight excluding hydrogens is 418 g/mol. The van der Waals surface area contributed by atoms with Gasteiger partial charge < -0.3 is 14.7 Å². The summed E-state index contributed by atoms with van der Waals surface area (Å²) in [5.41, 5.74) is 3.64. The Bertz CT molecular complexity index is 1160. The first kappa shape index (κ1) is 18.5. The molecule has 2 N–H and O–H groups in total. The molecule has 0 aliphatic heterocycles. The van der Waals surface area contributed by atoms with Crippen LogP contribution < -0.4 is 0 Å². The van der Waals surface area contributed by atoms with Gasteiger partial charge in [-0.05, 0) is 40.5 Å². The van der Waals surface area contributed by atoms with Gasteiger partial charge in [-0.1, -0.05) is 37.6 Å². The number of unbranched alkanes of at least 4 members (excludes halogenated alkanes) is 1. The summed E-state index contributed by atoms with van der Waals surface area (Å²) in [5.74, 6) is 0.0766. The first-order chi connectivity index (χ1) is 13.6. The number of aromatic carboxylic acids is 1. The number of carbonyl (C=O) groups is 1. The summed E-state index contributed by atoms with van der Waals surface area (Å²) in [6, 6.07) is 13.1. The second kappa shape index (κ2) is 7.64. The predicted octanol–water partition coefficient (Wildman–Crippen LogP) is 5.82. The highest BCUT2D eigenvalue weighted by Crippen LogP contribution is 2.39. The van der Waals surface area contributed by atoms with Gasteiger partial charge in [0, 0.05) is 35.3 Å². The molecule has 4 rings (SSSR count). The van der Waals surface area contributed by atoms with E-state index in [9.17, 15) is 9.90 Å². The zero-order valence-electron chi connectivity index (χ0n) is 15.4. The van der Waals surface area contributed by atoms with Crippen LogP contribution >= 0.6 is 15.9 Å². The molecule has 0 saturated heterocycles. The normalized spacial score (nSPS) is 11.2. The number of nitrogens with zero attached hydrogens (tertiary/aromatic N) is 2. The van der Waals surface area contributed by atoms with Crippen LogP contribution in [0.4, 0.5) is 0 Å². The fraction of sp³-hybridized carbons (Fsp3) is 0.182. The lowest BCUT2D eigenvalue weighted by atomic mass is 10.0. The first-order valence-corrected chi connectivity index (χ1v) is 10.1. The van der Waals surface area contributed by atoms with E-state index < -0.39 is 5.97 Å². The van der Waals surface area contributed by atoms with Gasteiger partial charge in [0.05, 0.1) is 21.4 Å². The Labute approximate surface area is 171 Å². The van der Waals surface area contributed by atoms with E-state index in [1.807, 2.05) is 36.7 Å². The molecule has 0 atom stereocenters. The molecule has 28 heavy (non-hydrogen) atoms. The van der Waals surface area contributed by atoms with Gasteiger partial charge in [-0.15, -0.1) is 0 Å². The molecule has 0 fully saturated rings. The number of carboxylic acids is 1. The second-order valence-corrected chi connectivity index (χ2v) is 7.47. The maximum Gasteiger partial charge on any atom is 0.336 e. The lowest BCUT2D eigenvalue weighted by Gasteiger charge is -2.10. The van der Waals surface area contributed by atoms with E-state index in [-0.39, 0.29) is 5.56 Å². The number of aromatic nitrogens is 3. The van der Waals surface area contributed by atoms with Gasteiger partial charge >= 0.3 is 5.97 Å². The number of halogens is 1. The van der Waals surface area contributed by atoms with Crippen molar-refractivity contribution in [2.75, 3.05) is 0 Å². The number of fused-ring (bicyclic) bond motifs is 1. The van der Waals surface area contributed by atoms with Gasteiger partial charge in [-0.25, -0.2) is 9.78 Å². The molecule has 0 radical (unpaired) electrons. The standard InChI is InChI=1S/C22H20BrN3O2/c1-2-3-11-18-24-12-13-26(18)17-10-6-9-16-19(17)20(23)21(25-16)14-7-4-5-8-15(14)22(27)28/h4-10,12-13,25H,2-3,11H2,1H3,(H,27,28). The van der Waals surface area contributed by atoms with E-state index in [0.29, 0.717) is 5.56 Å². The second-order valence-electron chi connectivity index (χ2n) is 6.68. The van der Waals surface area contributed by atoms with Gasteiger partial charge in [0.1, 0.15) is 5.82 Å². The quantitative estimate of drug-likeness (QED) is 0.398. The number of carboxylic acid groups (broad SMARTS) is 1. The van der Waals surface area contributed by atoms with Gasteiger partial charge in [0.2, 0.25) is 0 Å². The van der Waals surface area contributed by atoms with Crippen LogP contribution in [0.1, 0.15) is 35.9 Å². The van der Waals surface area contributed by atoms with E-state index in [1.165, 1.54) is 0 Å². The van der Waals surface area contributed by atoms with Gasteiger partial charge in [-0.3, -0.25) is 0 Å². The Morgan fingerprint density at radius 1 is 1.21 bits per heavy atom. The number of hydrogen-bond donors (Lipinski definition) is 2.